The molecule has 0 fully saturated rings. The molecule has 136 valence electrons. The van der Waals surface area contributed by atoms with Crippen molar-refractivity contribution in [2.45, 2.75) is 6.92 Å². The van der Waals surface area contributed by atoms with E-state index < -0.39 is 5.63 Å². The highest BCUT2D eigenvalue weighted by atomic mass is 16.5. The van der Waals surface area contributed by atoms with E-state index in [0.29, 0.717) is 35.9 Å². The Hall–Kier alpha value is -3.54. The van der Waals surface area contributed by atoms with Crippen molar-refractivity contribution in [3.63, 3.8) is 0 Å². The quantitative estimate of drug-likeness (QED) is 0.397. The van der Waals surface area contributed by atoms with Gasteiger partial charge in [-0.15, -0.1) is 0 Å². The van der Waals surface area contributed by atoms with E-state index in [1.165, 1.54) is 12.1 Å². The van der Waals surface area contributed by atoms with Gasteiger partial charge in [0.1, 0.15) is 35.9 Å². The van der Waals surface area contributed by atoms with E-state index in [1.54, 1.807) is 24.3 Å². The zero-order chi connectivity index (χ0) is 18.8. The third-order valence-corrected chi connectivity index (χ3v) is 4.14. The van der Waals surface area contributed by atoms with E-state index in [2.05, 4.69) is 0 Å². The number of hydrogen-bond acceptors (Lipinski definition) is 6. The average molecular weight is 364 g/mol. The molecular weight excluding hydrogens is 348 g/mol. The van der Waals surface area contributed by atoms with Gasteiger partial charge in [0.15, 0.2) is 0 Å². The van der Waals surface area contributed by atoms with Gasteiger partial charge in [-0.05, 0) is 42.8 Å². The number of fused-ring (bicyclic) bond motifs is 2. The summed E-state index contributed by atoms with van der Waals surface area (Å²) in [6.07, 6.45) is 0. The molecule has 2 aromatic carbocycles. The molecule has 0 unspecified atom stereocenters. The molecule has 2 aromatic heterocycles. The third kappa shape index (κ3) is 3.69. The van der Waals surface area contributed by atoms with E-state index in [0.717, 1.165) is 16.3 Å². The van der Waals surface area contributed by atoms with Gasteiger partial charge in [0, 0.05) is 35.0 Å². The van der Waals surface area contributed by atoms with E-state index in [1.807, 2.05) is 25.1 Å². The van der Waals surface area contributed by atoms with Crippen LogP contribution in [0.25, 0.3) is 21.9 Å². The van der Waals surface area contributed by atoms with E-state index in [4.69, 9.17) is 18.3 Å². The summed E-state index contributed by atoms with van der Waals surface area (Å²) >= 11 is 0. The summed E-state index contributed by atoms with van der Waals surface area (Å²) in [6, 6.07) is 15.2. The molecule has 4 rings (SSSR count). The summed E-state index contributed by atoms with van der Waals surface area (Å²) in [7, 11) is 0. The Morgan fingerprint density at radius 1 is 0.741 bits per heavy atom. The van der Waals surface area contributed by atoms with Crippen LogP contribution in [0.15, 0.2) is 73.0 Å². The standard InChI is InChI=1S/C21H16O6/c1-13-10-21(23)27-19-12-16(5-6-17(13)19)25-9-8-24-15-4-2-14-3-7-20(22)26-18(14)11-15/h2-7,10-12H,8-9H2,1H3. The molecular formula is C21H16O6. The van der Waals surface area contributed by atoms with Crippen molar-refractivity contribution in [2.24, 2.45) is 0 Å². The summed E-state index contributed by atoms with van der Waals surface area (Å²) in [5.74, 6) is 1.17. The molecule has 0 spiro atoms. The highest BCUT2D eigenvalue weighted by Crippen LogP contribution is 2.22. The second kappa shape index (κ2) is 6.99. The molecule has 0 N–H and O–H groups in total. The lowest BCUT2D eigenvalue weighted by Crippen LogP contribution is -2.09. The molecule has 0 radical (unpaired) electrons. The van der Waals surface area contributed by atoms with E-state index in [-0.39, 0.29) is 5.63 Å². The second-order valence-corrected chi connectivity index (χ2v) is 6.06. The van der Waals surface area contributed by atoms with Gasteiger partial charge < -0.3 is 18.3 Å². The highest BCUT2D eigenvalue weighted by Gasteiger charge is 2.05. The maximum Gasteiger partial charge on any atom is 0.336 e. The molecule has 6 heteroatoms. The molecule has 2 heterocycles. The molecule has 6 nitrogen and oxygen atoms in total. The average Bonchev–Trinajstić information content (AvgIpc) is 2.64. The zero-order valence-corrected chi connectivity index (χ0v) is 14.6. The lowest BCUT2D eigenvalue weighted by molar-refractivity contribution is 0.217. The van der Waals surface area contributed by atoms with E-state index in [9.17, 15) is 9.59 Å². The van der Waals surface area contributed by atoms with Gasteiger partial charge in [0.2, 0.25) is 0 Å². The number of ether oxygens (including phenoxy) is 2. The Morgan fingerprint density at radius 3 is 2.15 bits per heavy atom. The van der Waals surface area contributed by atoms with Crippen LogP contribution in [-0.2, 0) is 0 Å². The van der Waals surface area contributed by atoms with Crippen LogP contribution in [-0.4, -0.2) is 13.2 Å². The van der Waals surface area contributed by atoms with Crippen LogP contribution in [0.2, 0.25) is 0 Å². The van der Waals surface area contributed by atoms with Crippen molar-refractivity contribution in [3.8, 4) is 11.5 Å². The lowest BCUT2D eigenvalue weighted by atomic mass is 10.1. The van der Waals surface area contributed by atoms with Gasteiger partial charge in [-0.2, -0.15) is 0 Å². The van der Waals surface area contributed by atoms with Crippen molar-refractivity contribution in [1.82, 2.24) is 0 Å². The Balaban J connectivity index is 1.40. The first-order valence-electron chi connectivity index (χ1n) is 8.42. The van der Waals surface area contributed by atoms with Crippen molar-refractivity contribution < 1.29 is 18.3 Å². The van der Waals surface area contributed by atoms with Gasteiger partial charge in [-0.1, -0.05) is 0 Å². The molecule has 0 aliphatic rings. The maximum absolute atomic E-state index is 11.5. The fourth-order valence-electron chi connectivity index (χ4n) is 2.84. The van der Waals surface area contributed by atoms with Gasteiger partial charge in [-0.25, -0.2) is 9.59 Å². The number of aryl methyl sites for hydroxylation is 1. The van der Waals surface area contributed by atoms with Crippen molar-refractivity contribution in [3.05, 3.63) is 81.0 Å². The second-order valence-electron chi connectivity index (χ2n) is 6.06. The first kappa shape index (κ1) is 16.9. The van der Waals surface area contributed by atoms with Crippen LogP contribution in [0, 0.1) is 6.92 Å². The molecule has 0 aliphatic carbocycles. The molecule has 0 amide bonds. The summed E-state index contributed by atoms with van der Waals surface area (Å²) < 4.78 is 21.6. The molecule has 27 heavy (non-hydrogen) atoms. The van der Waals surface area contributed by atoms with Crippen LogP contribution in [0.5, 0.6) is 11.5 Å². The minimum absolute atomic E-state index is 0.304. The molecule has 0 atom stereocenters. The summed E-state index contributed by atoms with van der Waals surface area (Å²) in [5.41, 5.74) is 1.03. The molecule has 0 bridgehead atoms. The summed E-state index contributed by atoms with van der Waals surface area (Å²) in [6.45, 7) is 2.47. The van der Waals surface area contributed by atoms with Crippen molar-refractivity contribution >= 4 is 21.9 Å². The Morgan fingerprint density at radius 2 is 1.37 bits per heavy atom. The lowest BCUT2D eigenvalue weighted by Gasteiger charge is -2.09. The first-order valence-corrected chi connectivity index (χ1v) is 8.42. The number of hydrogen-bond donors (Lipinski definition) is 0. The predicted molar refractivity (Wildman–Crippen MR) is 101 cm³/mol. The zero-order valence-electron chi connectivity index (χ0n) is 14.6. The Kier molecular flexibility index (Phi) is 4.38. The normalized spacial score (nSPS) is 11.0. The molecule has 4 aromatic rings. The Labute approximate surface area is 153 Å². The van der Waals surface area contributed by atoms with Gasteiger partial charge >= 0.3 is 11.3 Å². The SMILES string of the molecule is Cc1cc(=O)oc2cc(OCCOc3ccc4ccc(=O)oc4c3)ccc12. The maximum atomic E-state index is 11.5. The summed E-state index contributed by atoms with van der Waals surface area (Å²) in [5, 5.41) is 1.70. The molecule has 0 aliphatic heterocycles. The molecule has 0 saturated heterocycles. The smallest absolute Gasteiger partial charge is 0.336 e. The Bertz CT molecular complexity index is 1230. The van der Waals surface area contributed by atoms with Gasteiger partial charge in [-0.3, -0.25) is 0 Å². The third-order valence-electron chi connectivity index (χ3n) is 4.14. The highest BCUT2D eigenvalue weighted by molar-refractivity contribution is 5.81. The summed E-state index contributed by atoms with van der Waals surface area (Å²) in [4.78, 5) is 22.8. The van der Waals surface area contributed by atoms with Crippen molar-refractivity contribution in [1.29, 1.82) is 0 Å². The monoisotopic (exact) mass is 364 g/mol. The fourth-order valence-corrected chi connectivity index (χ4v) is 2.84. The van der Waals surface area contributed by atoms with Crippen LogP contribution in [0.1, 0.15) is 5.56 Å². The van der Waals surface area contributed by atoms with Crippen LogP contribution >= 0.6 is 0 Å². The van der Waals surface area contributed by atoms with Gasteiger partial charge in [0.05, 0.1) is 0 Å². The predicted octanol–water partition coefficient (Wildman–Crippen LogP) is 3.67. The fraction of sp³-hybridized carbons (Fsp3) is 0.143. The largest absolute Gasteiger partial charge is 0.490 e. The minimum atomic E-state index is -0.402. The van der Waals surface area contributed by atoms with Gasteiger partial charge in [0.25, 0.3) is 0 Å². The number of benzene rings is 2. The minimum Gasteiger partial charge on any atom is -0.490 e. The van der Waals surface area contributed by atoms with Crippen LogP contribution < -0.4 is 20.7 Å². The van der Waals surface area contributed by atoms with Crippen LogP contribution in [0.4, 0.5) is 0 Å². The molecule has 0 saturated carbocycles. The first-order chi connectivity index (χ1) is 13.1. The van der Waals surface area contributed by atoms with E-state index >= 15 is 0 Å². The van der Waals surface area contributed by atoms with Crippen LogP contribution in [0.3, 0.4) is 0 Å². The topological polar surface area (TPSA) is 78.9 Å². The number of rotatable bonds is 5. The van der Waals surface area contributed by atoms with Crippen molar-refractivity contribution in [2.75, 3.05) is 13.2 Å².